The van der Waals surface area contributed by atoms with Gasteiger partial charge in [0, 0.05) is 30.2 Å². The first-order valence-corrected chi connectivity index (χ1v) is 11.0. The molecule has 0 fully saturated rings. The van der Waals surface area contributed by atoms with Gasteiger partial charge in [0.25, 0.3) is 0 Å². The van der Waals surface area contributed by atoms with E-state index in [1.54, 1.807) is 12.4 Å². The Morgan fingerprint density at radius 3 is 2.58 bits per heavy atom. The third-order valence-corrected chi connectivity index (χ3v) is 5.72. The molecule has 6 nitrogen and oxygen atoms in total. The Hall–Kier alpha value is -3.45. The molecule has 156 valence electrons. The van der Waals surface area contributed by atoms with Crippen molar-refractivity contribution in [2.24, 2.45) is 0 Å². The highest BCUT2D eigenvalue weighted by molar-refractivity contribution is 7.99. The van der Waals surface area contributed by atoms with Gasteiger partial charge in [-0.25, -0.2) is 0 Å². The molecule has 4 rings (SSSR count). The lowest BCUT2D eigenvalue weighted by Gasteiger charge is -2.11. The highest BCUT2D eigenvalue weighted by Gasteiger charge is 2.16. The number of nitrogens with one attached hydrogen (secondary N) is 1. The van der Waals surface area contributed by atoms with Crippen molar-refractivity contribution in [1.82, 2.24) is 19.7 Å². The fourth-order valence-electron chi connectivity index (χ4n) is 3.25. The van der Waals surface area contributed by atoms with Crippen molar-refractivity contribution < 1.29 is 4.79 Å². The molecule has 0 radical (unpaired) electrons. The predicted molar refractivity (Wildman–Crippen MR) is 124 cm³/mol. The highest BCUT2D eigenvalue weighted by Crippen LogP contribution is 2.24. The van der Waals surface area contributed by atoms with E-state index in [1.807, 2.05) is 61.5 Å². The van der Waals surface area contributed by atoms with Gasteiger partial charge in [-0.1, -0.05) is 54.2 Å². The van der Waals surface area contributed by atoms with E-state index in [0.29, 0.717) is 0 Å². The summed E-state index contributed by atoms with van der Waals surface area (Å²) in [5.74, 6) is 0.965. The van der Waals surface area contributed by atoms with Gasteiger partial charge in [0.1, 0.15) is 0 Å². The smallest absolute Gasteiger partial charge is 0.234 e. The average molecular weight is 430 g/mol. The number of aryl methyl sites for hydroxylation is 2. The Labute approximate surface area is 185 Å². The number of hydrogen-bond donors (Lipinski definition) is 1. The van der Waals surface area contributed by atoms with Crippen LogP contribution in [0.5, 0.6) is 0 Å². The first-order valence-electron chi connectivity index (χ1n) is 10.1. The Balaban J connectivity index is 1.49. The van der Waals surface area contributed by atoms with Crippen molar-refractivity contribution in [3.05, 3.63) is 90.3 Å². The van der Waals surface area contributed by atoms with Crippen LogP contribution in [0, 0.1) is 6.92 Å². The van der Waals surface area contributed by atoms with Crippen molar-refractivity contribution in [3.63, 3.8) is 0 Å². The Kier molecular flexibility index (Phi) is 6.74. The number of thioether (sulfide) groups is 1. The topological polar surface area (TPSA) is 72.7 Å². The molecule has 0 atom stereocenters. The number of hydrogen-bond acceptors (Lipinski definition) is 5. The van der Waals surface area contributed by atoms with Crippen molar-refractivity contribution in [2.75, 3.05) is 11.1 Å². The molecule has 31 heavy (non-hydrogen) atoms. The van der Waals surface area contributed by atoms with Crippen molar-refractivity contribution in [2.45, 2.75) is 25.0 Å². The van der Waals surface area contributed by atoms with Gasteiger partial charge in [-0.15, -0.1) is 10.2 Å². The third kappa shape index (κ3) is 5.58. The largest absolute Gasteiger partial charge is 0.325 e. The summed E-state index contributed by atoms with van der Waals surface area (Å²) in [7, 11) is 0. The van der Waals surface area contributed by atoms with Gasteiger partial charge in [0.15, 0.2) is 11.0 Å². The third-order valence-electron chi connectivity index (χ3n) is 4.76. The lowest BCUT2D eigenvalue weighted by molar-refractivity contribution is -0.113. The zero-order chi connectivity index (χ0) is 21.5. The van der Waals surface area contributed by atoms with Gasteiger partial charge >= 0.3 is 0 Å². The first-order chi connectivity index (χ1) is 15.2. The maximum absolute atomic E-state index is 12.5. The second kappa shape index (κ2) is 10.0. The van der Waals surface area contributed by atoms with Crippen LogP contribution in [-0.4, -0.2) is 31.4 Å². The van der Waals surface area contributed by atoms with Crippen LogP contribution in [0.4, 0.5) is 5.69 Å². The summed E-state index contributed by atoms with van der Waals surface area (Å²) in [5, 5.41) is 12.4. The van der Waals surface area contributed by atoms with E-state index in [4.69, 9.17) is 0 Å². The van der Waals surface area contributed by atoms with Crippen LogP contribution in [0.3, 0.4) is 0 Å². The van der Waals surface area contributed by atoms with Crippen LogP contribution in [-0.2, 0) is 17.8 Å². The fraction of sp³-hybridized carbons (Fsp3) is 0.167. The van der Waals surface area contributed by atoms with E-state index >= 15 is 0 Å². The number of aromatic nitrogens is 4. The summed E-state index contributed by atoms with van der Waals surface area (Å²) in [6.45, 7) is 2.72. The first kappa shape index (κ1) is 20.8. The molecule has 1 amide bonds. The number of anilines is 1. The van der Waals surface area contributed by atoms with Crippen LogP contribution in [0.25, 0.3) is 11.4 Å². The van der Waals surface area contributed by atoms with Crippen LogP contribution in [0.1, 0.15) is 11.1 Å². The molecule has 0 saturated carbocycles. The number of carbonyl (C=O) groups is 1. The summed E-state index contributed by atoms with van der Waals surface area (Å²) >= 11 is 1.39. The lowest BCUT2D eigenvalue weighted by atomic mass is 10.1. The zero-order valence-electron chi connectivity index (χ0n) is 17.2. The molecule has 2 aromatic carbocycles. The molecule has 2 heterocycles. The number of nitrogens with zero attached hydrogens (tertiary/aromatic N) is 4. The van der Waals surface area contributed by atoms with E-state index in [2.05, 4.69) is 37.2 Å². The number of pyridine rings is 1. The quantitative estimate of drug-likeness (QED) is 0.414. The number of rotatable bonds is 8. The summed E-state index contributed by atoms with van der Waals surface area (Å²) in [4.78, 5) is 16.6. The van der Waals surface area contributed by atoms with E-state index in [-0.39, 0.29) is 11.7 Å². The maximum Gasteiger partial charge on any atom is 0.234 e. The van der Waals surface area contributed by atoms with Crippen molar-refractivity contribution in [3.8, 4) is 11.4 Å². The Morgan fingerprint density at radius 2 is 1.81 bits per heavy atom. The maximum atomic E-state index is 12.5. The Morgan fingerprint density at radius 1 is 1.00 bits per heavy atom. The van der Waals surface area contributed by atoms with E-state index in [9.17, 15) is 4.79 Å². The van der Waals surface area contributed by atoms with Crippen LogP contribution in [0.15, 0.2) is 84.3 Å². The van der Waals surface area contributed by atoms with Crippen molar-refractivity contribution in [1.29, 1.82) is 0 Å². The minimum atomic E-state index is -0.0707. The van der Waals surface area contributed by atoms with E-state index < -0.39 is 0 Å². The highest BCUT2D eigenvalue weighted by atomic mass is 32.2. The number of benzene rings is 2. The second-order valence-electron chi connectivity index (χ2n) is 7.14. The SMILES string of the molecule is Cc1cccc(NC(=O)CSc2nnc(-c3ccncc3)n2CCc2ccccc2)c1. The minimum Gasteiger partial charge on any atom is -0.325 e. The molecule has 0 aliphatic rings. The molecular weight excluding hydrogens is 406 g/mol. The fourth-order valence-corrected chi connectivity index (χ4v) is 4.01. The monoisotopic (exact) mass is 429 g/mol. The zero-order valence-corrected chi connectivity index (χ0v) is 18.0. The molecule has 0 saturated heterocycles. The molecule has 0 bridgehead atoms. The van der Waals surface area contributed by atoms with Gasteiger partial charge in [-0.3, -0.25) is 9.78 Å². The molecular formula is C24H23N5OS. The Bertz CT molecular complexity index is 1150. The van der Waals surface area contributed by atoms with Gasteiger partial charge in [-0.2, -0.15) is 0 Å². The number of carbonyl (C=O) groups excluding carboxylic acids is 1. The summed E-state index contributed by atoms with van der Waals surface area (Å²) in [6, 6.07) is 21.9. The molecule has 0 aliphatic heterocycles. The molecule has 0 aliphatic carbocycles. The lowest BCUT2D eigenvalue weighted by Crippen LogP contribution is -2.15. The summed E-state index contributed by atoms with van der Waals surface area (Å²) < 4.78 is 2.08. The van der Waals surface area contributed by atoms with Gasteiger partial charge in [0.2, 0.25) is 5.91 Å². The predicted octanol–water partition coefficient (Wildman–Crippen LogP) is 4.62. The molecule has 1 N–H and O–H groups in total. The average Bonchev–Trinajstić information content (AvgIpc) is 3.20. The molecule has 2 aromatic heterocycles. The number of amides is 1. The van der Waals surface area contributed by atoms with E-state index in [1.165, 1.54) is 17.3 Å². The van der Waals surface area contributed by atoms with E-state index in [0.717, 1.165) is 40.8 Å². The summed E-state index contributed by atoms with van der Waals surface area (Å²) in [6.07, 6.45) is 4.33. The molecule has 7 heteroatoms. The normalized spacial score (nSPS) is 10.7. The van der Waals surface area contributed by atoms with Crippen LogP contribution in [0.2, 0.25) is 0 Å². The molecule has 0 spiro atoms. The minimum absolute atomic E-state index is 0.0707. The molecule has 0 unspecified atom stereocenters. The van der Waals surface area contributed by atoms with Crippen LogP contribution < -0.4 is 5.32 Å². The van der Waals surface area contributed by atoms with Gasteiger partial charge in [0.05, 0.1) is 5.75 Å². The van der Waals surface area contributed by atoms with Gasteiger partial charge < -0.3 is 9.88 Å². The van der Waals surface area contributed by atoms with Gasteiger partial charge in [-0.05, 0) is 48.7 Å². The second-order valence-corrected chi connectivity index (χ2v) is 8.08. The molecule has 4 aromatic rings. The standard InChI is InChI=1S/C24H23N5OS/c1-18-6-5-9-21(16-18)26-22(30)17-31-24-28-27-23(20-10-13-25-14-11-20)29(24)15-12-19-7-3-2-4-8-19/h2-11,13-14,16H,12,15,17H2,1H3,(H,26,30). The summed E-state index contributed by atoms with van der Waals surface area (Å²) in [5.41, 5.74) is 4.10. The van der Waals surface area contributed by atoms with Crippen molar-refractivity contribution >= 4 is 23.4 Å². The van der Waals surface area contributed by atoms with Crippen LogP contribution >= 0.6 is 11.8 Å².